The van der Waals surface area contributed by atoms with E-state index in [-0.39, 0.29) is 24.2 Å². The number of piperidine rings is 1. The molecule has 140 valence electrons. The van der Waals surface area contributed by atoms with Crippen molar-refractivity contribution in [3.63, 3.8) is 0 Å². The van der Waals surface area contributed by atoms with Crippen molar-refractivity contribution >= 4 is 35.6 Å². The van der Waals surface area contributed by atoms with Gasteiger partial charge in [0.05, 0.1) is 4.88 Å². The van der Waals surface area contributed by atoms with E-state index in [2.05, 4.69) is 12.2 Å². The van der Waals surface area contributed by atoms with Gasteiger partial charge in [-0.15, -0.1) is 23.7 Å². The van der Waals surface area contributed by atoms with Crippen LogP contribution in [0.15, 0.2) is 17.5 Å². The highest BCUT2D eigenvalue weighted by molar-refractivity contribution is 7.12. The number of nitrogens with zero attached hydrogens (tertiary/aromatic N) is 2. The standard InChI is InChI=1S/C18H27N3O2S.ClH/c1-14(15-4-6-19-7-5-15)13-17(22)20-8-10-21(11-9-20)18(23)16-3-2-12-24-16;/h2-3,12,14-15,19H,4-11,13H2,1H3;1H. The summed E-state index contributed by atoms with van der Waals surface area (Å²) in [5.41, 5.74) is 0. The first-order valence-corrected chi connectivity index (χ1v) is 9.84. The van der Waals surface area contributed by atoms with Crippen molar-refractivity contribution in [2.45, 2.75) is 26.2 Å². The van der Waals surface area contributed by atoms with Crippen molar-refractivity contribution in [2.24, 2.45) is 11.8 Å². The Labute approximate surface area is 160 Å². The topological polar surface area (TPSA) is 52.7 Å². The number of rotatable bonds is 4. The van der Waals surface area contributed by atoms with Crippen LogP contribution in [0.4, 0.5) is 0 Å². The average molecular weight is 386 g/mol. The van der Waals surface area contributed by atoms with Gasteiger partial charge in [-0.3, -0.25) is 9.59 Å². The highest BCUT2D eigenvalue weighted by Gasteiger charge is 2.28. The minimum Gasteiger partial charge on any atom is -0.339 e. The van der Waals surface area contributed by atoms with Gasteiger partial charge in [-0.25, -0.2) is 0 Å². The van der Waals surface area contributed by atoms with Crippen molar-refractivity contribution in [1.29, 1.82) is 0 Å². The Bertz CT molecular complexity index is 553. The van der Waals surface area contributed by atoms with Crippen molar-refractivity contribution in [1.82, 2.24) is 15.1 Å². The van der Waals surface area contributed by atoms with Gasteiger partial charge in [-0.05, 0) is 49.2 Å². The van der Waals surface area contributed by atoms with E-state index in [1.807, 2.05) is 27.3 Å². The van der Waals surface area contributed by atoms with Crippen LogP contribution in [-0.4, -0.2) is 60.9 Å². The molecule has 2 saturated heterocycles. The molecule has 5 nitrogen and oxygen atoms in total. The van der Waals surface area contributed by atoms with Gasteiger partial charge < -0.3 is 15.1 Å². The van der Waals surface area contributed by atoms with E-state index in [1.54, 1.807) is 0 Å². The van der Waals surface area contributed by atoms with Crippen molar-refractivity contribution in [3.8, 4) is 0 Å². The smallest absolute Gasteiger partial charge is 0.264 e. The molecule has 0 aliphatic carbocycles. The van der Waals surface area contributed by atoms with E-state index in [9.17, 15) is 9.59 Å². The second kappa shape index (κ2) is 9.55. The molecule has 0 aromatic carbocycles. The van der Waals surface area contributed by atoms with Crippen molar-refractivity contribution < 1.29 is 9.59 Å². The van der Waals surface area contributed by atoms with Gasteiger partial charge in [0.2, 0.25) is 5.91 Å². The Morgan fingerprint density at radius 1 is 1.20 bits per heavy atom. The third-order valence-electron chi connectivity index (χ3n) is 5.34. The Morgan fingerprint density at radius 3 is 2.44 bits per heavy atom. The number of nitrogens with one attached hydrogen (secondary N) is 1. The number of amides is 2. The highest BCUT2D eigenvalue weighted by Crippen LogP contribution is 2.25. The lowest BCUT2D eigenvalue weighted by molar-refractivity contribution is -0.134. The van der Waals surface area contributed by atoms with Crippen LogP contribution in [0.1, 0.15) is 35.9 Å². The number of thiophene rings is 1. The first kappa shape index (κ1) is 20.2. The minimum absolute atomic E-state index is 0. The van der Waals surface area contributed by atoms with Crippen LogP contribution in [0.5, 0.6) is 0 Å². The summed E-state index contributed by atoms with van der Waals surface area (Å²) in [5.74, 6) is 1.46. The molecule has 2 aliphatic heterocycles. The zero-order valence-electron chi connectivity index (χ0n) is 14.8. The predicted octanol–water partition coefficient (Wildman–Crippen LogP) is 2.48. The van der Waals surface area contributed by atoms with E-state index in [0.29, 0.717) is 44.4 Å². The number of carbonyl (C=O) groups is 2. The molecule has 2 fully saturated rings. The largest absolute Gasteiger partial charge is 0.339 e. The van der Waals surface area contributed by atoms with Gasteiger partial charge >= 0.3 is 0 Å². The lowest BCUT2D eigenvalue weighted by atomic mass is 9.84. The summed E-state index contributed by atoms with van der Waals surface area (Å²) in [6.07, 6.45) is 3.00. The highest BCUT2D eigenvalue weighted by atomic mass is 35.5. The van der Waals surface area contributed by atoms with E-state index < -0.39 is 0 Å². The maximum absolute atomic E-state index is 12.6. The van der Waals surface area contributed by atoms with Gasteiger partial charge in [0.1, 0.15) is 0 Å². The molecule has 1 N–H and O–H groups in total. The summed E-state index contributed by atoms with van der Waals surface area (Å²) < 4.78 is 0. The van der Waals surface area contributed by atoms with Crippen molar-refractivity contribution in [3.05, 3.63) is 22.4 Å². The lowest BCUT2D eigenvalue weighted by Gasteiger charge is -2.36. The molecule has 0 saturated carbocycles. The normalized spacial score (nSPS) is 20.0. The Balaban J connectivity index is 0.00000225. The summed E-state index contributed by atoms with van der Waals surface area (Å²) in [6.45, 7) is 6.97. The predicted molar refractivity (Wildman–Crippen MR) is 103 cm³/mol. The molecule has 7 heteroatoms. The molecule has 1 aromatic rings. The van der Waals surface area contributed by atoms with Gasteiger partial charge in [0, 0.05) is 32.6 Å². The summed E-state index contributed by atoms with van der Waals surface area (Å²) in [6, 6.07) is 3.77. The second-order valence-corrected chi connectivity index (χ2v) is 7.87. The molecule has 1 atom stereocenters. The van der Waals surface area contributed by atoms with Crippen LogP contribution < -0.4 is 5.32 Å². The maximum atomic E-state index is 12.6. The fraction of sp³-hybridized carbons (Fsp3) is 0.667. The van der Waals surface area contributed by atoms with E-state index in [4.69, 9.17) is 0 Å². The lowest BCUT2D eigenvalue weighted by Crippen LogP contribution is -2.50. The summed E-state index contributed by atoms with van der Waals surface area (Å²) >= 11 is 1.48. The number of carbonyl (C=O) groups excluding carboxylic acids is 2. The fourth-order valence-electron chi connectivity index (χ4n) is 3.70. The number of halogens is 1. The Morgan fingerprint density at radius 2 is 1.84 bits per heavy atom. The third kappa shape index (κ3) is 5.19. The Hall–Kier alpha value is -1.11. The molecule has 0 spiro atoms. The molecule has 1 unspecified atom stereocenters. The van der Waals surface area contributed by atoms with Crippen LogP contribution in [-0.2, 0) is 4.79 Å². The molecular formula is C18H28ClN3O2S. The average Bonchev–Trinajstić information content (AvgIpc) is 3.16. The molecule has 2 aliphatic rings. The zero-order valence-corrected chi connectivity index (χ0v) is 16.4. The van der Waals surface area contributed by atoms with Gasteiger partial charge in [0.15, 0.2) is 0 Å². The van der Waals surface area contributed by atoms with Crippen LogP contribution in [0.2, 0.25) is 0 Å². The molecule has 1 aromatic heterocycles. The second-order valence-electron chi connectivity index (χ2n) is 6.92. The number of hydrogen-bond donors (Lipinski definition) is 1. The molecule has 3 rings (SSSR count). The molecule has 2 amide bonds. The molecule has 25 heavy (non-hydrogen) atoms. The van der Waals surface area contributed by atoms with Crippen LogP contribution in [0.3, 0.4) is 0 Å². The van der Waals surface area contributed by atoms with Gasteiger partial charge in [-0.1, -0.05) is 13.0 Å². The third-order valence-corrected chi connectivity index (χ3v) is 6.19. The molecule has 3 heterocycles. The van der Waals surface area contributed by atoms with Crippen LogP contribution >= 0.6 is 23.7 Å². The van der Waals surface area contributed by atoms with E-state index in [0.717, 1.165) is 18.0 Å². The SMILES string of the molecule is CC(CC(=O)N1CCN(C(=O)c2cccs2)CC1)C1CCNCC1.Cl. The van der Waals surface area contributed by atoms with E-state index >= 15 is 0 Å². The molecule has 0 radical (unpaired) electrons. The Kier molecular flexibility index (Phi) is 7.72. The molecular weight excluding hydrogens is 358 g/mol. The minimum atomic E-state index is 0. The van der Waals surface area contributed by atoms with Gasteiger partial charge in [-0.2, -0.15) is 0 Å². The first-order chi connectivity index (χ1) is 11.6. The summed E-state index contributed by atoms with van der Waals surface area (Å²) in [4.78, 5) is 29.5. The van der Waals surface area contributed by atoms with Crippen LogP contribution in [0, 0.1) is 11.8 Å². The summed E-state index contributed by atoms with van der Waals surface area (Å²) in [5, 5.41) is 5.31. The maximum Gasteiger partial charge on any atom is 0.264 e. The van der Waals surface area contributed by atoms with Gasteiger partial charge in [0.25, 0.3) is 5.91 Å². The summed E-state index contributed by atoms with van der Waals surface area (Å²) in [7, 11) is 0. The number of piperazine rings is 1. The van der Waals surface area contributed by atoms with E-state index in [1.165, 1.54) is 24.2 Å². The first-order valence-electron chi connectivity index (χ1n) is 8.96. The monoisotopic (exact) mass is 385 g/mol. The fourth-order valence-corrected chi connectivity index (χ4v) is 4.39. The van der Waals surface area contributed by atoms with Crippen molar-refractivity contribution in [2.75, 3.05) is 39.3 Å². The molecule has 0 bridgehead atoms. The zero-order chi connectivity index (χ0) is 16.9. The van der Waals surface area contributed by atoms with Crippen LogP contribution in [0.25, 0.3) is 0 Å². The number of hydrogen-bond acceptors (Lipinski definition) is 4. The quantitative estimate of drug-likeness (QED) is 0.866.